The Bertz CT molecular complexity index is 282. The second-order valence-electron chi connectivity index (χ2n) is 7.41. The summed E-state index contributed by atoms with van der Waals surface area (Å²) in [5, 5.41) is 3.62. The van der Waals surface area contributed by atoms with Crippen molar-refractivity contribution in [3.63, 3.8) is 0 Å². The first kappa shape index (κ1) is 15.3. The highest BCUT2D eigenvalue weighted by Gasteiger charge is 2.41. The van der Waals surface area contributed by atoms with Crippen LogP contribution < -0.4 is 5.32 Å². The number of nitrogens with one attached hydrogen (secondary N) is 1. The molecule has 1 aliphatic carbocycles. The van der Waals surface area contributed by atoms with Gasteiger partial charge in [-0.1, -0.05) is 20.3 Å². The molecule has 1 N–H and O–H groups in total. The van der Waals surface area contributed by atoms with Gasteiger partial charge in [0.25, 0.3) is 0 Å². The van der Waals surface area contributed by atoms with Gasteiger partial charge in [-0.25, -0.2) is 0 Å². The molecule has 0 radical (unpaired) electrons. The van der Waals surface area contributed by atoms with Crippen LogP contribution in [0.1, 0.15) is 46.0 Å². The molecule has 1 heterocycles. The van der Waals surface area contributed by atoms with Gasteiger partial charge in [0, 0.05) is 18.1 Å². The smallest absolute Gasteiger partial charge is 0.0271 e. The van der Waals surface area contributed by atoms with Gasteiger partial charge in [0.2, 0.25) is 0 Å². The molecule has 0 aromatic heterocycles. The van der Waals surface area contributed by atoms with Crippen LogP contribution in [-0.2, 0) is 0 Å². The molecule has 1 aliphatic heterocycles. The van der Waals surface area contributed by atoms with Crippen molar-refractivity contribution in [2.75, 3.05) is 34.2 Å². The van der Waals surface area contributed by atoms with Crippen LogP contribution in [0.3, 0.4) is 0 Å². The van der Waals surface area contributed by atoms with Crippen LogP contribution in [-0.4, -0.2) is 62.2 Å². The van der Waals surface area contributed by atoms with Crippen molar-refractivity contribution in [1.82, 2.24) is 15.1 Å². The van der Waals surface area contributed by atoms with Crippen molar-refractivity contribution in [2.45, 2.75) is 64.1 Å². The Morgan fingerprint density at radius 3 is 2.37 bits per heavy atom. The molecule has 1 saturated carbocycles. The van der Waals surface area contributed by atoms with Crippen LogP contribution in [0.25, 0.3) is 0 Å². The van der Waals surface area contributed by atoms with Crippen LogP contribution in [0.15, 0.2) is 0 Å². The highest BCUT2D eigenvalue weighted by Crippen LogP contribution is 2.38. The minimum absolute atomic E-state index is 0.428. The summed E-state index contributed by atoms with van der Waals surface area (Å²) in [7, 11) is 6.76. The number of hydrogen-bond acceptors (Lipinski definition) is 3. The topological polar surface area (TPSA) is 18.5 Å². The van der Waals surface area contributed by atoms with Crippen LogP contribution >= 0.6 is 0 Å². The molecule has 0 amide bonds. The molecular weight excluding hydrogens is 234 g/mol. The zero-order chi connectivity index (χ0) is 14.0. The predicted octanol–water partition coefficient (Wildman–Crippen LogP) is 2.18. The van der Waals surface area contributed by atoms with E-state index in [-0.39, 0.29) is 0 Å². The summed E-state index contributed by atoms with van der Waals surface area (Å²) >= 11 is 0. The molecule has 2 atom stereocenters. The minimum Gasteiger partial charge on any atom is -0.315 e. The number of rotatable bonds is 3. The zero-order valence-corrected chi connectivity index (χ0v) is 13.6. The number of nitrogens with zero attached hydrogens (tertiary/aromatic N) is 2. The summed E-state index contributed by atoms with van der Waals surface area (Å²) in [6, 6.07) is 2.12. The lowest BCUT2D eigenvalue weighted by Crippen LogP contribution is -2.60. The van der Waals surface area contributed by atoms with Gasteiger partial charge < -0.3 is 10.2 Å². The minimum atomic E-state index is 0.428. The quantitative estimate of drug-likeness (QED) is 0.845. The first-order chi connectivity index (χ1) is 8.95. The highest BCUT2D eigenvalue weighted by molar-refractivity contribution is 4.98. The molecule has 3 nitrogen and oxygen atoms in total. The lowest BCUT2D eigenvalue weighted by Gasteiger charge is -2.50. The fourth-order valence-electron chi connectivity index (χ4n) is 4.30. The van der Waals surface area contributed by atoms with E-state index in [9.17, 15) is 0 Å². The first-order valence-corrected chi connectivity index (χ1v) is 8.03. The standard InChI is InChI=1S/C16H33N3/c1-16(2)10-6-7-14(15(16)17-3)19(5)13-8-11-18(4)12-9-13/h13-15,17H,6-12H2,1-5H3. The number of hydrogen-bond donors (Lipinski definition) is 1. The Balaban J connectivity index is 2.02. The van der Waals surface area contributed by atoms with Crippen molar-refractivity contribution in [1.29, 1.82) is 0 Å². The summed E-state index contributed by atoms with van der Waals surface area (Å²) in [5.74, 6) is 0. The average molecular weight is 267 g/mol. The third kappa shape index (κ3) is 3.32. The Hall–Kier alpha value is -0.120. The van der Waals surface area contributed by atoms with Crippen LogP contribution in [0.5, 0.6) is 0 Å². The molecule has 0 aromatic carbocycles. The van der Waals surface area contributed by atoms with Gasteiger partial charge in [0.05, 0.1) is 0 Å². The molecule has 112 valence electrons. The van der Waals surface area contributed by atoms with Crippen molar-refractivity contribution >= 4 is 0 Å². The van der Waals surface area contributed by atoms with Gasteiger partial charge in [-0.15, -0.1) is 0 Å². The molecule has 0 bridgehead atoms. The molecular formula is C16H33N3. The fraction of sp³-hybridized carbons (Fsp3) is 1.00. The van der Waals surface area contributed by atoms with Gasteiger partial charge in [-0.2, -0.15) is 0 Å². The third-order valence-electron chi connectivity index (χ3n) is 5.65. The van der Waals surface area contributed by atoms with E-state index in [0.717, 1.165) is 6.04 Å². The van der Waals surface area contributed by atoms with E-state index >= 15 is 0 Å². The van der Waals surface area contributed by atoms with Crippen LogP contribution in [0.2, 0.25) is 0 Å². The van der Waals surface area contributed by atoms with E-state index in [0.29, 0.717) is 17.5 Å². The molecule has 2 unspecified atom stereocenters. The second kappa shape index (κ2) is 6.11. The van der Waals surface area contributed by atoms with Gasteiger partial charge in [0.15, 0.2) is 0 Å². The molecule has 3 heteroatoms. The molecule has 2 fully saturated rings. The summed E-state index contributed by atoms with van der Waals surface area (Å²) in [5.41, 5.74) is 0.428. The van der Waals surface area contributed by atoms with E-state index in [1.54, 1.807) is 0 Å². The Morgan fingerprint density at radius 1 is 1.16 bits per heavy atom. The van der Waals surface area contributed by atoms with Gasteiger partial charge in [-0.3, -0.25) is 4.90 Å². The summed E-state index contributed by atoms with van der Waals surface area (Å²) in [6.45, 7) is 7.39. The maximum absolute atomic E-state index is 3.62. The van der Waals surface area contributed by atoms with Crippen molar-refractivity contribution in [3.05, 3.63) is 0 Å². The Labute approximate surface area is 119 Å². The molecule has 1 saturated heterocycles. The summed E-state index contributed by atoms with van der Waals surface area (Å²) in [6.07, 6.45) is 6.77. The predicted molar refractivity (Wildman–Crippen MR) is 82.5 cm³/mol. The van der Waals surface area contributed by atoms with E-state index in [1.807, 2.05) is 0 Å². The number of piperidine rings is 1. The van der Waals surface area contributed by atoms with E-state index in [2.05, 4.69) is 50.1 Å². The van der Waals surface area contributed by atoms with Crippen molar-refractivity contribution in [2.24, 2.45) is 5.41 Å². The zero-order valence-electron chi connectivity index (χ0n) is 13.6. The maximum atomic E-state index is 3.62. The highest BCUT2D eigenvalue weighted by atomic mass is 15.2. The average Bonchev–Trinajstić information content (AvgIpc) is 2.37. The normalized spacial score (nSPS) is 33.8. The van der Waals surface area contributed by atoms with E-state index in [1.165, 1.54) is 45.2 Å². The van der Waals surface area contributed by atoms with Crippen molar-refractivity contribution in [3.8, 4) is 0 Å². The molecule has 0 aromatic rings. The van der Waals surface area contributed by atoms with Gasteiger partial charge in [-0.05, 0) is 65.3 Å². The first-order valence-electron chi connectivity index (χ1n) is 8.03. The molecule has 0 spiro atoms. The molecule has 2 rings (SSSR count). The lowest BCUT2D eigenvalue weighted by molar-refractivity contribution is 0.0255. The monoisotopic (exact) mass is 267 g/mol. The summed E-state index contributed by atoms with van der Waals surface area (Å²) < 4.78 is 0. The maximum Gasteiger partial charge on any atom is 0.0271 e. The van der Waals surface area contributed by atoms with E-state index < -0.39 is 0 Å². The van der Waals surface area contributed by atoms with Gasteiger partial charge in [0.1, 0.15) is 0 Å². The Morgan fingerprint density at radius 2 is 1.79 bits per heavy atom. The Kier molecular flexibility index (Phi) is 4.91. The molecule has 2 aliphatic rings. The van der Waals surface area contributed by atoms with Gasteiger partial charge >= 0.3 is 0 Å². The molecule has 19 heavy (non-hydrogen) atoms. The number of likely N-dealkylation sites (tertiary alicyclic amines) is 1. The second-order valence-corrected chi connectivity index (χ2v) is 7.41. The summed E-state index contributed by atoms with van der Waals surface area (Å²) in [4.78, 5) is 5.17. The SMILES string of the molecule is CNC1C(N(C)C2CCN(C)CC2)CCCC1(C)C. The van der Waals surface area contributed by atoms with E-state index in [4.69, 9.17) is 0 Å². The lowest BCUT2D eigenvalue weighted by atomic mass is 9.70. The van der Waals surface area contributed by atoms with Crippen molar-refractivity contribution < 1.29 is 0 Å². The number of likely N-dealkylation sites (N-methyl/N-ethyl adjacent to an activating group) is 2. The largest absolute Gasteiger partial charge is 0.315 e. The fourth-order valence-corrected chi connectivity index (χ4v) is 4.30. The van der Waals surface area contributed by atoms with Crippen LogP contribution in [0.4, 0.5) is 0 Å². The van der Waals surface area contributed by atoms with Crippen LogP contribution in [0, 0.1) is 5.41 Å². The third-order valence-corrected chi connectivity index (χ3v) is 5.65.